The van der Waals surface area contributed by atoms with Crippen LogP contribution in [0.5, 0.6) is 0 Å². The Morgan fingerprint density at radius 1 is 1.00 bits per heavy atom. The molecule has 0 spiro atoms. The molecule has 0 aromatic heterocycles. The van der Waals surface area contributed by atoms with Gasteiger partial charge in [-0.3, -0.25) is 9.46 Å². The number of rotatable bonds is 10. The maximum atomic E-state index is 11.6. The standard InChI is InChI=1S/C11H21O8P3.4H3N/c1-10(2)6-4-7-11(3)8-5-9-21(14,15)19-22(16,17)18-20(12)13;;;;/h6,8H,4-5,7,9H2,1-3H3,(H2-,12,13,14,15,16,17);4*1H3/p+1/b11-8+;;;;. The average Bonchev–Trinajstić information content (AvgIpc) is 2.23. The molecule has 0 fully saturated rings. The van der Waals surface area contributed by atoms with Gasteiger partial charge in [-0.25, -0.2) is 8.88 Å². The maximum absolute atomic E-state index is 11.6. The molecule has 0 aromatic rings. The smallest absolute Gasteiger partial charge is 0.344 e. The highest BCUT2D eigenvalue weighted by atomic mass is 31.3. The maximum Gasteiger partial charge on any atom is 0.705 e. The van der Waals surface area contributed by atoms with Crippen LogP contribution >= 0.6 is 23.7 Å². The predicted octanol–water partition coefficient (Wildman–Crippen LogP) is 4.69. The highest BCUT2D eigenvalue weighted by molar-refractivity contribution is 7.66. The van der Waals surface area contributed by atoms with Gasteiger partial charge in [0, 0.05) is 4.57 Å². The van der Waals surface area contributed by atoms with Gasteiger partial charge in [-0.2, -0.15) is 0 Å². The van der Waals surface area contributed by atoms with Crippen LogP contribution < -0.4 is 24.6 Å². The van der Waals surface area contributed by atoms with Crippen LogP contribution in [0.25, 0.3) is 0 Å². The SMILES string of the molecule is CC(C)=CCC/C(C)=C/CCP(=O)(O)OP(=O)(O)O[P+](=O)O.N.N.N.N. The minimum absolute atomic E-state index is 0. The third kappa shape index (κ3) is 21.7. The second kappa shape index (κ2) is 16.8. The van der Waals surface area contributed by atoms with Gasteiger partial charge in [0.15, 0.2) is 0 Å². The first kappa shape index (κ1) is 36.6. The third-order valence-corrected chi connectivity index (χ3v) is 6.45. The van der Waals surface area contributed by atoms with E-state index in [0.29, 0.717) is 0 Å². The summed E-state index contributed by atoms with van der Waals surface area (Å²) in [5, 5.41) is 0. The molecule has 0 amide bonds. The van der Waals surface area contributed by atoms with E-state index < -0.39 is 29.8 Å². The van der Waals surface area contributed by atoms with Gasteiger partial charge in [-0.05, 0) is 44.3 Å². The van der Waals surface area contributed by atoms with Crippen molar-refractivity contribution in [1.82, 2.24) is 24.6 Å². The van der Waals surface area contributed by atoms with Crippen LogP contribution in [0.4, 0.5) is 0 Å². The lowest BCUT2D eigenvalue weighted by Gasteiger charge is -2.11. The Kier molecular flexibility index (Phi) is 23.7. The van der Waals surface area contributed by atoms with Crippen molar-refractivity contribution in [2.45, 2.75) is 40.0 Å². The van der Waals surface area contributed by atoms with Crippen molar-refractivity contribution in [3.63, 3.8) is 0 Å². The van der Waals surface area contributed by atoms with E-state index in [1.807, 2.05) is 20.8 Å². The summed E-state index contributed by atoms with van der Waals surface area (Å²) in [7, 11) is -12.9. The Hall–Kier alpha value is -0.320. The third-order valence-electron chi connectivity index (χ3n) is 2.40. The van der Waals surface area contributed by atoms with Crippen molar-refractivity contribution in [3.05, 3.63) is 23.3 Å². The molecule has 0 saturated carbocycles. The summed E-state index contributed by atoms with van der Waals surface area (Å²) in [6.45, 7) is 5.86. The summed E-state index contributed by atoms with van der Waals surface area (Å²) in [6, 6.07) is 0. The fourth-order valence-corrected chi connectivity index (χ4v) is 4.64. The Morgan fingerprint density at radius 3 is 1.92 bits per heavy atom. The average molecular weight is 443 g/mol. The Bertz CT molecular complexity index is 552. The quantitative estimate of drug-likeness (QED) is 0.179. The Balaban J connectivity index is -0.000000367. The summed E-state index contributed by atoms with van der Waals surface area (Å²) >= 11 is 0. The molecule has 3 unspecified atom stereocenters. The van der Waals surface area contributed by atoms with Crippen LogP contribution in [0, 0.1) is 0 Å². The van der Waals surface area contributed by atoms with Crippen LogP contribution in [0.3, 0.4) is 0 Å². The molecule has 26 heavy (non-hydrogen) atoms. The van der Waals surface area contributed by atoms with Crippen LogP contribution in [0.15, 0.2) is 23.3 Å². The first-order chi connectivity index (χ1) is 9.93. The minimum Gasteiger partial charge on any atom is -0.344 e. The zero-order valence-corrected chi connectivity index (χ0v) is 18.2. The van der Waals surface area contributed by atoms with Gasteiger partial charge in [0.25, 0.3) is 0 Å². The molecule has 3 atom stereocenters. The lowest BCUT2D eigenvalue weighted by Crippen LogP contribution is -1.94. The number of hydrogen-bond acceptors (Lipinski definition) is 9. The zero-order chi connectivity index (χ0) is 17.4. The zero-order valence-electron chi connectivity index (χ0n) is 15.5. The molecule has 0 aliphatic rings. The first-order valence-electron chi connectivity index (χ1n) is 6.44. The second-order valence-electron chi connectivity index (χ2n) is 4.89. The Morgan fingerprint density at radius 2 is 1.50 bits per heavy atom. The molecule has 0 saturated heterocycles. The van der Waals surface area contributed by atoms with E-state index in [1.165, 1.54) is 5.57 Å². The molecule has 0 radical (unpaired) electrons. The minimum atomic E-state index is -5.04. The van der Waals surface area contributed by atoms with E-state index in [9.17, 15) is 18.6 Å². The van der Waals surface area contributed by atoms with Gasteiger partial charge in [0.1, 0.15) is 0 Å². The van der Waals surface area contributed by atoms with Crippen LogP contribution in [-0.4, -0.2) is 20.8 Å². The normalized spacial score (nSPS) is 15.5. The molecule has 0 heterocycles. The Labute approximate surface area is 155 Å². The lowest BCUT2D eigenvalue weighted by molar-refractivity contribution is 0.263. The largest absolute Gasteiger partial charge is 0.705 e. The molecule has 12 nitrogen and oxygen atoms in total. The van der Waals surface area contributed by atoms with Crippen molar-refractivity contribution >= 4 is 23.7 Å². The van der Waals surface area contributed by atoms with Gasteiger partial charge in [0.2, 0.25) is 0 Å². The van der Waals surface area contributed by atoms with Gasteiger partial charge in [-0.1, -0.05) is 23.3 Å². The molecule has 15 heteroatoms. The fraction of sp³-hybridized carbons (Fsp3) is 0.636. The topological polar surface area (TPSA) is 270 Å². The summed E-state index contributed by atoms with van der Waals surface area (Å²) in [6.07, 6.45) is 5.24. The van der Waals surface area contributed by atoms with Crippen molar-refractivity contribution in [1.29, 1.82) is 0 Å². The van der Waals surface area contributed by atoms with Gasteiger partial charge < -0.3 is 29.5 Å². The second-order valence-corrected chi connectivity index (χ2v) is 9.33. The summed E-state index contributed by atoms with van der Waals surface area (Å²) in [4.78, 5) is 26.8. The van der Waals surface area contributed by atoms with Gasteiger partial charge >= 0.3 is 23.7 Å². The van der Waals surface area contributed by atoms with Crippen LogP contribution in [0.2, 0.25) is 0 Å². The van der Waals surface area contributed by atoms with E-state index in [-0.39, 0.29) is 31.0 Å². The highest BCUT2D eigenvalue weighted by Gasteiger charge is 2.41. The molecular weight excluding hydrogens is 409 g/mol. The summed E-state index contributed by atoms with van der Waals surface area (Å²) < 4.78 is 40.8. The monoisotopic (exact) mass is 443 g/mol. The molecule has 0 aliphatic carbocycles. The predicted molar refractivity (Wildman–Crippen MR) is 104 cm³/mol. The van der Waals surface area contributed by atoms with E-state index in [2.05, 4.69) is 14.7 Å². The molecule has 15 N–H and O–H groups in total. The first-order valence-corrected chi connectivity index (χ1v) is 10.8. The summed E-state index contributed by atoms with van der Waals surface area (Å²) in [5.74, 6) is 0. The van der Waals surface area contributed by atoms with Crippen molar-refractivity contribution in [2.24, 2.45) is 0 Å². The molecule has 0 aromatic carbocycles. The molecule has 160 valence electrons. The van der Waals surface area contributed by atoms with E-state index in [0.717, 1.165) is 18.4 Å². The number of phosphoric acid groups is 1. The van der Waals surface area contributed by atoms with E-state index in [1.54, 1.807) is 6.08 Å². The van der Waals surface area contributed by atoms with Crippen molar-refractivity contribution < 1.29 is 37.0 Å². The molecule has 0 aliphatic heterocycles. The lowest BCUT2D eigenvalue weighted by atomic mass is 10.1. The van der Waals surface area contributed by atoms with E-state index >= 15 is 0 Å². The molecule has 0 rings (SSSR count). The highest BCUT2D eigenvalue weighted by Crippen LogP contribution is 2.62. The van der Waals surface area contributed by atoms with Crippen LogP contribution in [0.1, 0.15) is 40.0 Å². The fourth-order valence-electron chi connectivity index (χ4n) is 1.47. The van der Waals surface area contributed by atoms with E-state index in [4.69, 9.17) is 9.79 Å². The van der Waals surface area contributed by atoms with Gasteiger partial charge in [0.05, 0.1) is 6.16 Å². The van der Waals surface area contributed by atoms with Gasteiger partial charge in [-0.15, -0.1) is 4.89 Å². The van der Waals surface area contributed by atoms with Crippen LogP contribution in [-0.2, 0) is 22.3 Å². The van der Waals surface area contributed by atoms with Crippen molar-refractivity contribution in [3.8, 4) is 0 Å². The molecule has 0 bridgehead atoms. The summed E-state index contributed by atoms with van der Waals surface area (Å²) in [5.41, 5.74) is 2.22. The number of hydrogen-bond donors (Lipinski definition) is 7. The van der Waals surface area contributed by atoms with Crippen molar-refractivity contribution in [2.75, 3.05) is 6.16 Å². The molecular formula is C11H34N4O8P3+. The number of allylic oxidation sites excluding steroid dienone is 4.